The Kier molecular flexibility index (Phi) is 7.70. The second-order valence-corrected chi connectivity index (χ2v) is 11.2. The molecule has 0 aliphatic heterocycles. The van der Waals surface area contributed by atoms with Crippen molar-refractivity contribution in [3.8, 4) is 0 Å². The number of fused-ring (bicyclic) bond motifs is 5. The number of hydrogen-bond donors (Lipinski definition) is 1. The van der Waals surface area contributed by atoms with Crippen LogP contribution in [0.1, 0.15) is 91.4 Å². The van der Waals surface area contributed by atoms with E-state index in [2.05, 4.69) is 13.8 Å². The average Bonchev–Trinajstić information content (AvgIpc) is 3.04. The van der Waals surface area contributed by atoms with Crippen molar-refractivity contribution in [3.05, 3.63) is 0 Å². The molecule has 4 aliphatic rings. The van der Waals surface area contributed by atoms with Crippen LogP contribution in [0.2, 0.25) is 0 Å². The number of carboxylic acid groups (broad SMARTS) is 1. The van der Waals surface area contributed by atoms with Gasteiger partial charge in [-0.05, 0) is 99.2 Å². The zero-order valence-electron chi connectivity index (χ0n) is 19.8. The van der Waals surface area contributed by atoms with E-state index in [-0.39, 0.29) is 65.8 Å². The monoisotopic (exact) mass is 441 g/mol. The number of carboxylic acids is 1. The van der Waals surface area contributed by atoms with Crippen LogP contribution in [-0.2, 0) is 19.1 Å². The maximum Gasteiger partial charge on any atom is 1.00 e. The van der Waals surface area contributed by atoms with Crippen molar-refractivity contribution < 1.29 is 53.8 Å². The van der Waals surface area contributed by atoms with E-state index < -0.39 is 5.97 Å². The number of carbonyl (C=O) groups is 3. The van der Waals surface area contributed by atoms with Crippen LogP contribution in [0, 0.1) is 40.4 Å². The number of hydrogen-bond acceptors (Lipinski definition) is 4. The van der Waals surface area contributed by atoms with Crippen molar-refractivity contribution in [2.75, 3.05) is 0 Å². The minimum atomic E-state index is -0.954. The van der Waals surface area contributed by atoms with Gasteiger partial charge in [-0.1, -0.05) is 13.8 Å². The molecule has 31 heavy (non-hydrogen) atoms. The standard InChI is InChI=1S/C25H38O5.Na/c1-15(26)19-6-7-20-18-5-4-16-14-17(30-23(29)9-8-22(27)28)10-12-24(16,2)21(18)11-13-25(19,20)3;/h16-21H,4-14H2,1-3H3,(H,27,28);/q;+1/t16-,17-,18+,19-,20+,21+,24+,25-;/m1./s1. The first-order valence-corrected chi connectivity index (χ1v) is 12.1. The number of aliphatic carboxylic acids is 1. The van der Waals surface area contributed by atoms with Crippen molar-refractivity contribution in [2.45, 2.75) is 97.5 Å². The molecule has 0 spiro atoms. The second kappa shape index (κ2) is 9.46. The van der Waals surface area contributed by atoms with Gasteiger partial charge in [0, 0.05) is 5.92 Å². The molecule has 4 aliphatic carbocycles. The van der Waals surface area contributed by atoms with E-state index in [9.17, 15) is 14.4 Å². The Morgan fingerprint density at radius 1 is 0.903 bits per heavy atom. The van der Waals surface area contributed by atoms with E-state index in [0.29, 0.717) is 23.0 Å². The molecule has 0 radical (unpaired) electrons. The Hall–Kier alpha value is -0.390. The molecule has 0 aromatic heterocycles. The first-order chi connectivity index (χ1) is 14.1. The van der Waals surface area contributed by atoms with Gasteiger partial charge < -0.3 is 9.84 Å². The fourth-order valence-corrected chi connectivity index (χ4v) is 8.45. The predicted octanol–water partition coefficient (Wildman–Crippen LogP) is 2.01. The van der Waals surface area contributed by atoms with Crippen LogP contribution in [0.15, 0.2) is 0 Å². The molecule has 5 nitrogen and oxygen atoms in total. The third kappa shape index (κ3) is 4.53. The molecule has 4 saturated carbocycles. The fraction of sp³-hybridized carbons (Fsp3) is 0.880. The van der Waals surface area contributed by atoms with Crippen LogP contribution in [0.5, 0.6) is 0 Å². The normalized spacial score (nSPS) is 43.6. The summed E-state index contributed by atoms with van der Waals surface area (Å²) in [4.78, 5) is 35.0. The van der Waals surface area contributed by atoms with Crippen molar-refractivity contribution in [1.29, 1.82) is 0 Å². The van der Waals surface area contributed by atoms with Crippen LogP contribution in [0.4, 0.5) is 0 Å². The van der Waals surface area contributed by atoms with Crippen LogP contribution < -0.4 is 29.6 Å². The largest absolute Gasteiger partial charge is 1.00 e. The van der Waals surface area contributed by atoms with Gasteiger partial charge in [0.15, 0.2) is 0 Å². The zero-order chi connectivity index (χ0) is 21.7. The molecule has 0 saturated heterocycles. The van der Waals surface area contributed by atoms with Crippen LogP contribution >= 0.6 is 0 Å². The molecule has 0 heterocycles. The third-order valence-corrected chi connectivity index (χ3v) is 9.95. The van der Waals surface area contributed by atoms with E-state index >= 15 is 0 Å². The van der Waals surface area contributed by atoms with Gasteiger partial charge in [-0.3, -0.25) is 14.4 Å². The Labute approximate surface area is 208 Å². The summed E-state index contributed by atoms with van der Waals surface area (Å²) in [5, 5.41) is 8.77. The van der Waals surface area contributed by atoms with Crippen molar-refractivity contribution in [1.82, 2.24) is 0 Å². The molecule has 168 valence electrons. The van der Waals surface area contributed by atoms with Gasteiger partial charge in [-0.15, -0.1) is 0 Å². The molecule has 8 atom stereocenters. The Bertz CT molecular complexity index is 723. The van der Waals surface area contributed by atoms with Gasteiger partial charge in [0.25, 0.3) is 0 Å². The van der Waals surface area contributed by atoms with Gasteiger partial charge in [0.2, 0.25) is 0 Å². The summed E-state index contributed by atoms with van der Waals surface area (Å²) in [5.74, 6) is 2.07. The molecule has 4 fully saturated rings. The van der Waals surface area contributed by atoms with Gasteiger partial charge in [-0.25, -0.2) is 0 Å². The molecule has 0 amide bonds. The van der Waals surface area contributed by atoms with Crippen LogP contribution in [0.25, 0.3) is 0 Å². The van der Waals surface area contributed by atoms with Crippen molar-refractivity contribution in [3.63, 3.8) is 0 Å². The summed E-state index contributed by atoms with van der Waals surface area (Å²) >= 11 is 0. The SMILES string of the molecule is CC(=O)[C@H]1CC[C@H]2[C@@H]3CC[C@@H]4C[C@H](OC(=O)CCC(=O)O)CC[C@]4(C)[C@H]3CC[C@]12C.[Na+]. The van der Waals surface area contributed by atoms with E-state index in [1.54, 1.807) is 6.92 Å². The number of Topliss-reactive ketones (excluding diaryl/α,β-unsaturated/α-hetero) is 1. The van der Waals surface area contributed by atoms with E-state index in [1.165, 1.54) is 32.1 Å². The van der Waals surface area contributed by atoms with E-state index in [4.69, 9.17) is 9.84 Å². The Morgan fingerprint density at radius 2 is 1.58 bits per heavy atom. The number of ketones is 1. The summed E-state index contributed by atoms with van der Waals surface area (Å²) in [5.41, 5.74) is 0.510. The smallest absolute Gasteiger partial charge is 0.481 e. The van der Waals surface area contributed by atoms with Gasteiger partial charge in [0.1, 0.15) is 11.9 Å². The number of esters is 1. The van der Waals surface area contributed by atoms with Gasteiger partial charge in [0.05, 0.1) is 12.8 Å². The number of rotatable bonds is 5. The van der Waals surface area contributed by atoms with Gasteiger partial charge in [-0.2, -0.15) is 0 Å². The second-order valence-electron chi connectivity index (χ2n) is 11.2. The molecular formula is C25H38NaO5+. The van der Waals surface area contributed by atoms with E-state index in [1.807, 2.05) is 0 Å². The number of carbonyl (C=O) groups excluding carboxylic acids is 2. The summed E-state index contributed by atoms with van der Waals surface area (Å²) in [7, 11) is 0. The molecular weight excluding hydrogens is 403 g/mol. The fourth-order valence-electron chi connectivity index (χ4n) is 8.45. The molecule has 4 rings (SSSR count). The first kappa shape index (κ1) is 25.2. The predicted molar refractivity (Wildman–Crippen MR) is 113 cm³/mol. The molecule has 6 heteroatoms. The first-order valence-electron chi connectivity index (χ1n) is 12.1. The molecule has 0 unspecified atom stereocenters. The average molecular weight is 442 g/mol. The Balaban J connectivity index is 0.00000272. The van der Waals surface area contributed by atoms with Crippen LogP contribution in [0.3, 0.4) is 0 Å². The summed E-state index contributed by atoms with van der Waals surface area (Å²) < 4.78 is 5.66. The maximum absolute atomic E-state index is 12.3. The number of ether oxygens (including phenoxy) is 1. The maximum atomic E-state index is 12.3. The molecule has 0 aromatic rings. The summed E-state index contributed by atoms with van der Waals surface area (Å²) in [6, 6.07) is 0. The van der Waals surface area contributed by atoms with Crippen molar-refractivity contribution in [2.24, 2.45) is 40.4 Å². The minimum Gasteiger partial charge on any atom is -0.481 e. The zero-order valence-corrected chi connectivity index (χ0v) is 21.8. The van der Waals surface area contributed by atoms with Crippen LogP contribution in [-0.4, -0.2) is 28.9 Å². The molecule has 0 aromatic carbocycles. The minimum absolute atomic E-state index is 0. The topological polar surface area (TPSA) is 80.7 Å². The summed E-state index contributed by atoms with van der Waals surface area (Å²) in [6.07, 6.45) is 9.82. The summed E-state index contributed by atoms with van der Waals surface area (Å²) in [6.45, 7) is 6.67. The van der Waals surface area contributed by atoms with E-state index in [0.717, 1.165) is 37.5 Å². The van der Waals surface area contributed by atoms with Gasteiger partial charge >= 0.3 is 41.5 Å². The third-order valence-electron chi connectivity index (χ3n) is 9.95. The van der Waals surface area contributed by atoms with Crippen molar-refractivity contribution >= 4 is 17.7 Å². The molecule has 0 bridgehead atoms. The quantitative estimate of drug-likeness (QED) is 0.522. The molecule has 1 N–H and O–H groups in total. The Morgan fingerprint density at radius 3 is 2.26 bits per heavy atom.